The fourth-order valence-corrected chi connectivity index (χ4v) is 2.55. The number of rotatable bonds is 2. The van der Waals surface area contributed by atoms with Crippen LogP contribution in [0.1, 0.15) is 29.5 Å². The van der Waals surface area contributed by atoms with E-state index in [-0.39, 0.29) is 5.54 Å². The molecule has 1 fully saturated rings. The predicted molar refractivity (Wildman–Crippen MR) is 68.4 cm³/mol. The summed E-state index contributed by atoms with van der Waals surface area (Å²) < 4.78 is 10.7. The maximum absolute atomic E-state index is 6.52. The molecule has 1 aliphatic heterocycles. The molecule has 2 rings (SSSR count). The van der Waals surface area contributed by atoms with Gasteiger partial charge < -0.3 is 15.2 Å². The van der Waals surface area contributed by atoms with Crippen LogP contribution in [0.3, 0.4) is 0 Å². The highest BCUT2D eigenvalue weighted by molar-refractivity contribution is 5.44. The Labute approximate surface area is 103 Å². The van der Waals surface area contributed by atoms with Gasteiger partial charge in [-0.2, -0.15) is 0 Å². The van der Waals surface area contributed by atoms with E-state index in [9.17, 15) is 0 Å². The summed E-state index contributed by atoms with van der Waals surface area (Å²) in [6.45, 7) is 5.66. The maximum Gasteiger partial charge on any atom is 0.122 e. The van der Waals surface area contributed by atoms with Crippen LogP contribution in [0, 0.1) is 13.8 Å². The molecule has 0 amide bonds. The molecule has 94 valence electrons. The van der Waals surface area contributed by atoms with Gasteiger partial charge in [0.05, 0.1) is 7.11 Å². The molecule has 0 atom stereocenters. The van der Waals surface area contributed by atoms with Crippen molar-refractivity contribution >= 4 is 0 Å². The van der Waals surface area contributed by atoms with Crippen LogP contribution in [0.25, 0.3) is 0 Å². The van der Waals surface area contributed by atoms with Crippen LogP contribution in [-0.4, -0.2) is 20.3 Å². The summed E-state index contributed by atoms with van der Waals surface area (Å²) >= 11 is 0. The van der Waals surface area contributed by atoms with E-state index < -0.39 is 0 Å². The fourth-order valence-electron chi connectivity index (χ4n) is 2.55. The normalized spacial score (nSPS) is 19.1. The molecule has 0 aliphatic carbocycles. The molecule has 1 saturated heterocycles. The standard InChI is InChI=1S/C14H21NO2/c1-10-9-13(16-3)11(2)8-12(10)14(15)4-6-17-7-5-14/h8-9H,4-7,15H2,1-3H3. The van der Waals surface area contributed by atoms with Crippen LogP contribution in [-0.2, 0) is 10.3 Å². The van der Waals surface area contributed by atoms with Gasteiger partial charge in [-0.15, -0.1) is 0 Å². The molecule has 1 heterocycles. The topological polar surface area (TPSA) is 44.5 Å². The van der Waals surface area contributed by atoms with Crippen molar-refractivity contribution in [3.8, 4) is 5.75 Å². The van der Waals surface area contributed by atoms with Crippen molar-refractivity contribution in [3.05, 3.63) is 28.8 Å². The SMILES string of the molecule is COc1cc(C)c(C2(N)CCOCC2)cc1C. The number of aryl methyl sites for hydroxylation is 2. The lowest BCUT2D eigenvalue weighted by Crippen LogP contribution is -2.42. The van der Waals surface area contributed by atoms with Crippen LogP contribution < -0.4 is 10.5 Å². The number of hydrogen-bond donors (Lipinski definition) is 1. The van der Waals surface area contributed by atoms with Crippen molar-refractivity contribution in [1.82, 2.24) is 0 Å². The van der Waals surface area contributed by atoms with Gasteiger partial charge in [-0.3, -0.25) is 0 Å². The zero-order valence-electron chi connectivity index (χ0n) is 10.9. The van der Waals surface area contributed by atoms with Crippen molar-refractivity contribution in [2.45, 2.75) is 32.2 Å². The van der Waals surface area contributed by atoms with Gasteiger partial charge in [-0.25, -0.2) is 0 Å². The second-order valence-electron chi connectivity index (χ2n) is 4.91. The molecule has 1 aromatic carbocycles. The average Bonchev–Trinajstić information content (AvgIpc) is 2.32. The van der Waals surface area contributed by atoms with E-state index in [4.69, 9.17) is 15.2 Å². The molecule has 0 bridgehead atoms. The van der Waals surface area contributed by atoms with Gasteiger partial charge in [0.25, 0.3) is 0 Å². The molecule has 3 heteroatoms. The minimum Gasteiger partial charge on any atom is -0.496 e. The lowest BCUT2D eigenvalue weighted by molar-refractivity contribution is 0.0520. The highest BCUT2D eigenvalue weighted by Gasteiger charge is 2.31. The van der Waals surface area contributed by atoms with E-state index in [1.165, 1.54) is 11.1 Å². The fraction of sp³-hybridized carbons (Fsp3) is 0.571. The van der Waals surface area contributed by atoms with Gasteiger partial charge >= 0.3 is 0 Å². The molecule has 0 radical (unpaired) electrons. The van der Waals surface area contributed by atoms with Crippen LogP contribution in [0.15, 0.2) is 12.1 Å². The Morgan fingerprint density at radius 1 is 1.18 bits per heavy atom. The summed E-state index contributed by atoms with van der Waals surface area (Å²) in [6, 6.07) is 4.24. The molecular formula is C14H21NO2. The molecule has 1 aliphatic rings. The first kappa shape index (κ1) is 12.4. The third-order valence-corrected chi connectivity index (χ3v) is 3.66. The van der Waals surface area contributed by atoms with Crippen LogP contribution >= 0.6 is 0 Å². The third-order valence-electron chi connectivity index (χ3n) is 3.66. The Morgan fingerprint density at radius 2 is 1.82 bits per heavy atom. The summed E-state index contributed by atoms with van der Waals surface area (Å²) in [5.74, 6) is 0.932. The Kier molecular flexibility index (Phi) is 3.40. The molecule has 0 saturated carbocycles. The second kappa shape index (κ2) is 4.67. The zero-order valence-corrected chi connectivity index (χ0v) is 10.9. The van der Waals surface area contributed by atoms with Gasteiger partial charge in [-0.05, 0) is 49.4 Å². The smallest absolute Gasteiger partial charge is 0.122 e. The summed E-state index contributed by atoms with van der Waals surface area (Å²) in [7, 11) is 1.70. The van der Waals surface area contributed by atoms with Gasteiger partial charge in [0.15, 0.2) is 0 Å². The summed E-state index contributed by atoms with van der Waals surface area (Å²) in [5.41, 5.74) is 9.87. The average molecular weight is 235 g/mol. The van der Waals surface area contributed by atoms with Crippen molar-refractivity contribution in [2.75, 3.05) is 20.3 Å². The van der Waals surface area contributed by atoms with E-state index in [0.717, 1.165) is 37.4 Å². The zero-order chi connectivity index (χ0) is 12.5. The van der Waals surface area contributed by atoms with Gasteiger partial charge in [0.2, 0.25) is 0 Å². The largest absolute Gasteiger partial charge is 0.496 e. The molecule has 1 aromatic rings. The number of nitrogens with two attached hydrogens (primary N) is 1. The number of ether oxygens (including phenoxy) is 2. The first-order chi connectivity index (χ1) is 8.07. The Bertz CT molecular complexity index is 409. The predicted octanol–water partition coefficient (Wildman–Crippen LogP) is 2.28. The van der Waals surface area contributed by atoms with E-state index >= 15 is 0 Å². The van der Waals surface area contributed by atoms with Crippen molar-refractivity contribution in [3.63, 3.8) is 0 Å². The lowest BCUT2D eigenvalue weighted by atomic mass is 9.81. The second-order valence-corrected chi connectivity index (χ2v) is 4.91. The maximum atomic E-state index is 6.52. The van der Waals surface area contributed by atoms with Crippen LogP contribution in [0.2, 0.25) is 0 Å². The Hall–Kier alpha value is -1.06. The Balaban J connectivity index is 2.41. The van der Waals surface area contributed by atoms with Gasteiger partial charge in [0, 0.05) is 18.8 Å². The number of hydrogen-bond acceptors (Lipinski definition) is 3. The minimum atomic E-state index is -0.237. The van der Waals surface area contributed by atoms with E-state index in [1.54, 1.807) is 7.11 Å². The summed E-state index contributed by atoms with van der Waals surface area (Å²) in [6.07, 6.45) is 1.78. The van der Waals surface area contributed by atoms with E-state index in [1.807, 2.05) is 0 Å². The van der Waals surface area contributed by atoms with Crippen molar-refractivity contribution in [2.24, 2.45) is 5.73 Å². The molecule has 3 nitrogen and oxygen atoms in total. The van der Waals surface area contributed by atoms with Gasteiger partial charge in [0.1, 0.15) is 5.75 Å². The quantitative estimate of drug-likeness (QED) is 0.855. The molecule has 0 spiro atoms. The number of methoxy groups -OCH3 is 1. The Morgan fingerprint density at radius 3 is 2.41 bits per heavy atom. The van der Waals surface area contributed by atoms with Crippen molar-refractivity contribution in [1.29, 1.82) is 0 Å². The minimum absolute atomic E-state index is 0.237. The van der Waals surface area contributed by atoms with Crippen LogP contribution in [0.4, 0.5) is 0 Å². The van der Waals surface area contributed by atoms with E-state index in [2.05, 4.69) is 26.0 Å². The summed E-state index contributed by atoms with van der Waals surface area (Å²) in [5, 5.41) is 0. The summed E-state index contributed by atoms with van der Waals surface area (Å²) in [4.78, 5) is 0. The lowest BCUT2D eigenvalue weighted by Gasteiger charge is -2.35. The first-order valence-electron chi connectivity index (χ1n) is 6.09. The highest BCUT2D eigenvalue weighted by Crippen LogP contribution is 2.34. The third kappa shape index (κ3) is 2.31. The number of benzene rings is 1. The van der Waals surface area contributed by atoms with E-state index in [0.29, 0.717) is 0 Å². The molecule has 0 unspecified atom stereocenters. The molecule has 0 aromatic heterocycles. The highest BCUT2D eigenvalue weighted by atomic mass is 16.5. The van der Waals surface area contributed by atoms with Gasteiger partial charge in [-0.1, -0.05) is 6.07 Å². The van der Waals surface area contributed by atoms with Crippen molar-refractivity contribution < 1.29 is 9.47 Å². The molecule has 2 N–H and O–H groups in total. The van der Waals surface area contributed by atoms with Crippen LogP contribution in [0.5, 0.6) is 5.75 Å². The molecule has 17 heavy (non-hydrogen) atoms. The monoisotopic (exact) mass is 235 g/mol. The molecular weight excluding hydrogens is 214 g/mol. The first-order valence-corrected chi connectivity index (χ1v) is 6.09.